The fourth-order valence-corrected chi connectivity index (χ4v) is 2.84. The van der Waals surface area contributed by atoms with Gasteiger partial charge in [-0.3, -0.25) is 9.59 Å². The molecule has 20 heavy (non-hydrogen) atoms. The van der Waals surface area contributed by atoms with Crippen molar-refractivity contribution in [2.75, 3.05) is 20.2 Å². The second kappa shape index (κ2) is 8.98. The van der Waals surface area contributed by atoms with E-state index in [1.165, 1.54) is 32.8 Å². The number of amides is 1. The molecule has 0 spiro atoms. The number of likely N-dealkylation sites (tertiary alicyclic amines) is 1. The van der Waals surface area contributed by atoms with Gasteiger partial charge in [0.05, 0.1) is 13.0 Å². The monoisotopic (exact) mass is 283 g/mol. The minimum absolute atomic E-state index is 0.145. The van der Waals surface area contributed by atoms with Gasteiger partial charge in [-0.1, -0.05) is 46.0 Å². The van der Waals surface area contributed by atoms with Crippen molar-refractivity contribution in [1.29, 1.82) is 0 Å². The lowest BCUT2D eigenvalue weighted by Crippen LogP contribution is -2.29. The lowest BCUT2D eigenvalue weighted by Gasteiger charge is -2.15. The molecule has 2 unspecified atom stereocenters. The number of unbranched alkanes of at least 4 members (excludes halogenated alkanes) is 5. The van der Waals surface area contributed by atoms with E-state index in [4.69, 9.17) is 4.74 Å². The van der Waals surface area contributed by atoms with Crippen LogP contribution in [-0.2, 0) is 14.3 Å². The molecule has 0 aromatic heterocycles. The highest BCUT2D eigenvalue weighted by Gasteiger charge is 2.37. The van der Waals surface area contributed by atoms with Crippen LogP contribution in [0.1, 0.15) is 58.8 Å². The lowest BCUT2D eigenvalue weighted by atomic mass is 9.99. The quantitative estimate of drug-likeness (QED) is 0.508. The van der Waals surface area contributed by atoms with Gasteiger partial charge in [-0.05, 0) is 12.3 Å². The highest BCUT2D eigenvalue weighted by Crippen LogP contribution is 2.25. The van der Waals surface area contributed by atoms with E-state index in [-0.39, 0.29) is 23.7 Å². The largest absolute Gasteiger partial charge is 0.469 e. The van der Waals surface area contributed by atoms with E-state index in [2.05, 4.69) is 6.92 Å². The molecular formula is C16H29NO3. The van der Waals surface area contributed by atoms with Gasteiger partial charge in [-0.25, -0.2) is 0 Å². The summed E-state index contributed by atoms with van der Waals surface area (Å²) in [6.07, 6.45) is 7.76. The number of methoxy groups -OCH3 is 1. The number of carbonyl (C=O) groups excluding carboxylic acids is 2. The summed E-state index contributed by atoms with van der Waals surface area (Å²) in [5.41, 5.74) is 0. The summed E-state index contributed by atoms with van der Waals surface area (Å²) >= 11 is 0. The Kier molecular flexibility index (Phi) is 7.63. The Balaban J connectivity index is 2.23. The van der Waals surface area contributed by atoms with Crippen molar-refractivity contribution in [1.82, 2.24) is 4.90 Å². The van der Waals surface area contributed by atoms with Crippen molar-refractivity contribution < 1.29 is 14.3 Å². The van der Waals surface area contributed by atoms with Gasteiger partial charge in [0.25, 0.3) is 0 Å². The van der Waals surface area contributed by atoms with Crippen LogP contribution in [0.2, 0.25) is 0 Å². The molecule has 0 saturated carbocycles. The van der Waals surface area contributed by atoms with Crippen LogP contribution in [0, 0.1) is 11.8 Å². The summed E-state index contributed by atoms with van der Waals surface area (Å²) < 4.78 is 4.79. The Morgan fingerprint density at radius 1 is 1.10 bits per heavy atom. The SMILES string of the molecule is CCCCCCCCC(=O)N1CC(C)C(C(=O)OC)C1. The van der Waals surface area contributed by atoms with Gasteiger partial charge in [-0.15, -0.1) is 0 Å². The summed E-state index contributed by atoms with van der Waals surface area (Å²) in [7, 11) is 1.41. The van der Waals surface area contributed by atoms with Crippen molar-refractivity contribution >= 4 is 11.9 Å². The van der Waals surface area contributed by atoms with Crippen molar-refractivity contribution in [3.05, 3.63) is 0 Å². The van der Waals surface area contributed by atoms with Gasteiger partial charge in [0.15, 0.2) is 0 Å². The number of ether oxygens (including phenoxy) is 1. The normalized spacial score (nSPS) is 22.1. The first-order chi connectivity index (χ1) is 9.60. The van der Waals surface area contributed by atoms with Gasteiger partial charge < -0.3 is 9.64 Å². The molecule has 1 aliphatic heterocycles. The third-order valence-corrected chi connectivity index (χ3v) is 4.21. The maximum atomic E-state index is 12.1. The topological polar surface area (TPSA) is 46.6 Å². The van der Waals surface area contributed by atoms with Crippen LogP contribution in [0.25, 0.3) is 0 Å². The second-order valence-corrected chi connectivity index (χ2v) is 5.92. The molecule has 0 N–H and O–H groups in total. The Morgan fingerprint density at radius 3 is 2.40 bits per heavy atom. The summed E-state index contributed by atoms with van der Waals surface area (Å²) in [5.74, 6) is 0.0653. The van der Waals surface area contributed by atoms with Gasteiger partial charge >= 0.3 is 5.97 Å². The zero-order chi connectivity index (χ0) is 15.0. The Morgan fingerprint density at radius 2 is 1.75 bits per heavy atom. The Hall–Kier alpha value is -1.06. The zero-order valence-corrected chi connectivity index (χ0v) is 13.2. The van der Waals surface area contributed by atoms with Crippen LogP contribution < -0.4 is 0 Å². The summed E-state index contributed by atoms with van der Waals surface area (Å²) in [6, 6.07) is 0. The molecular weight excluding hydrogens is 254 g/mol. The Labute approximate surface area is 122 Å². The molecule has 1 rings (SSSR count). The van der Waals surface area contributed by atoms with E-state index in [9.17, 15) is 9.59 Å². The lowest BCUT2D eigenvalue weighted by molar-refractivity contribution is -0.146. The van der Waals surface area contributed by atoms with E-state index in [1.54, 1.807) is 0 Å². The fraction of sp³-hybridized carbons (Fsp3) is 0.875. The first kappa shape index (κ1) is 17.0. The third kappa shape index (κ3) is 5.14. The predicted octanol–water partition coefficient (Wildman–Crippen LogP) is 3.00. The second-order valence-electron chi connectivity index (χ2n) is 5.92. The summed E-state index contributed by atoms with van der Waals surface area (Å²) in [6.45, 7) is 5.44. The fourth-order valence-electron chi connectivity index (χ4n) is 2.84. The highest BCUT2D eigenvalue weighted by atomic mass is 16.5. The maximum Gasteiger partial charge on any atom is 0.310 e. The van der Waals surface area contributed by atoms with Crippen LogP contribution in [0.3, 0.4) is 0 Å². The van der Waals surface area contributed by atoms with E-state index in [0.29, 0.717) is 19.5 Å². The van der Waals surface area contributed by atoms with Crippen molar-refractivity contribution in [2.24, 2.45) is 11.8 Å². The number of esters is 1. The minimum atomic E-state index is -0.188. The Bertz CT molecular complexity index is 317. The van der Waals surface area contributed by atoms with E-state index in [0.717, 1.165) is 12.8 Å². The first-order valence-electron chi connectivity index (χ1n) is 7.95. The molecule has 116 valence electrons. The van der Waals surface area contributed by atoms with Crippen LogP contribution in [-0.4, -0.2) is 37.0 Å². The molecule has 0 aliphatic carbocycles. The molecule has 1 saturated heterocycles. The molecule has 0 bridgehead atoms. The molecule has 0 radical (unpaired) electrons. The molecule has 4 nitrogen and oxygen atoms in total. The van der Waals surface area contributed by atoms with Crippen molar-refractivity contribution in [2.45, 2.75) is 58.8 Å². The van der Waals surface area contributed by atoms with Gasteiger partial charge in [-0.2, -0.15) is 0 Å². The zero-order valence-electron chi connectivity index (χ0n) is 13.2. The number of hydrogen-bond donors (Lipinski definition) is 0. The number of nitrogens with zero attached hydrogens (tertiary/aromatic N) is 1. The molecule has 0 aromatic carbocycles. The molecule has 1 fully saturated rings. The van der Waals surface area contributed by atoms with E-state index >= 15 is 0 Å². The summed E-state index contributed by atoms with van der Waals surface area (Å²) in [5, 5.41) is 0. The number of hydrogen-bond acceptors (Lipinski definition) is 3. The van der Waals surface area contributed by atoms with Crippen LogP contribution in [0.15, 0.2) is 0 Å². The molecule has 1 aliphatic rings. The molecule has 2 atom stereocenters. The molecule has 0 aromatic rings. The van der Waals surface area contributed by atoms with E-state index < -0.39 is 0 Å². The third-order valence-electron chi connectivity index (χ3n) is 4.21. The predicted molar refractivity (Wildman–Crippen MR) is 79.2 cm³/mol. The van der Waals surface area contributed by atoms with Gasteiger partial charge in [0.2, 0.25) is 5.91 Å². The van der Waals surface area contributed by atoms with E-state index in [1.807, 2.05) is 11.8 Å². The minimum Gasteiger partial charge on any atom is -0.469 e. The highest BCUT2D eigenvalue weighted by molar-refractivity contribution is 5.79. The van der Waals surface area contributed by atoms with Gasteiger partial charge in [0, 0.05) is 19.5 Å². The molecule has 4 heteroatoms. The molecule has 1 heterocycles. The van der Waals surface area contributed by atoms with Crippen molar-refractivity contribution in [3.63, 3.8) is 0 Å². The standard InChI is InChI=1S/C16H29NO3/c1-4-5-6-7-8-9-10-15(18)17-11-13(2)14(12-17)16(19)20-3/h13-14H,4-12H2,1-3H3. The molecule has 1 amide bonds. The number of carbonyl (C=O) groups is 2. The first-order valence-corrected chi connectivity index (χ1v) is 7.95. The average molecular weight is 283 g/mol. The van der Waals surface area contributed by atoms with Gasteiger partial charge in [0.1, 0.15) is 0 Å². The van der Waals surface area contributed by atoms with Crippen LogP contribution >= 0.6 is 0 Å². The maximum absolute atomic E-state index is 12.1. The average Bonchev–Trinajstić information content (AvgIpc) is 2.83. The van der Waals surface area contributed by atoms with Crippen molar-refractivity contribution in [3.8, 4) is 0 Å². The summed E-state index contributed by atoms with van der Waals surface area (Å²) in [4.78, 5) is 25.5. The van der Waals surface area contributed by atoms with Crippen LogP contribution in [0.4, 0.5) is 0 Å². The van der Waals surface area contributed by atoms with Crippen LogP contribution in [0.5, 0.6) is 0 Å². The number of rotatable bonds is 8. The smallest absolute Gasteiger partial charge is 0.310 e.